The topological polar surface area (TPSA) is 41.6 Å². The number of para-hydroxylation sites is 2. The van der Waals surface area contributed by atoms with Gasteiger partial charge in [0.1, 0.15) is 18.2 Å². The van der Waals surface area contributed by atoms with Gasteiger partial charge in [0.25, 0.3) is 5.91 Å². The number of likely N-dealkylation sites (N-methyl/N-ethyl adjacent to an activating group) is 1. The Morgan fingerprint density at radius 1 is 1.08 bits per heavy atom. The molecule has 2 rings (SSSR count). The molecule has 5 heteroatoms. The van der Waals surface area contributed by atoms with E-state index in [1.54, 1.807) is 30.3 Å². The van der Waals surface area contributed by atoms with Crippen LogP contribution in [0, 0.1) is 5.82 Å². The zero-order valence-corrected chi connectivity index (χ0v) is 14.1. The van der Waals surface area contributed by atoms with E-state index >= 15 is 0 Å². The van der Waals surface area contributed by atoms with Crippen LogP contribution in [0.1, 0.15) is 24.2 Å². The Kier molecular flexibility index (Phi) is 6.75. The maximum absolute atomic E-state index is 13.7. The predicted octanol–water partition coefficient (Wildman–Crippen LogP) is 3.80. The minimum Gasteiger partial charge on any atom is -0.490 e. The standard InChI is InChI=1S/C19H23FN2O2/c1-3-22(4-2)13-14-24-18-12-8-7-11-17(18)21-19(23)15-9-5-6-10-16(15)20/h5-12H,3-4,13-14H2,1-2H3,(H,21,23). The number of benzene rings is 2. The molecule has 1 amide bonds. The number of carbonyl (C=O) groups excluding carboxylic acids is 1. The molecule has 0 aliphatic rings. The number of ether oxygens (including phenoxy) is 1. The lowest BCUT2D eigenvalue weighted by Gasteiger charge is -2.19. The van der Waals surface area contributed by atoms with Crippen molar-refractivity contribution in [2.75, 3.05) is 31.6 Å². The molecule has 0 saturated heterocycles. The first-order valence-electron chi connectivity index (χ1n) is 8.15. The molecular weight excluding hydrogens is 307 g/mol. The van der Waals surface area contributed by atoms with Gasteiger partial charge in [0.15, 0.2) is 0 Å². The molecule has 2 aromatic rings. The SMILES string of the molecule is CCN(CC)CCOc1ccccc1NC(=O)c1ccccc1F. The fourth-order valence-corrected chi connectivity index (χ4v) is 2.36. The van der Waals surface area contributed by atoms with Crippen LogP contribution in [0.5, 0.6) is 5.75 Å². The van der Waals surface area contributed by atoms with Gasteiger partial charge in [-0.1, -0.05) is 38.1 Å². The molecule has 0 aliphatic heterocycles. The highest BCUT2D eigenvalue weighted by atomic mass is 19.1. The summed E-state index contributed by atoms with van der Waals surface area (Å²) in [6, 6.07) is 13.1. The average Bonchev–Trinajstić information content (AvgIpc) is 2.60. The Morgan fingerprint density at radius 2 is 1.75 bits per heavy atom. The number of nitrogens with zero attached hydrogens (tertiary/aromatic N) is 1. The molecule has 0 heterocycles. The van der Waals surface area contributed by atoms with Crippen molar-refractivity contribution < 1.29 is 13.9 Å². The summed E-state index contributed by atoms with van der Waals surface area (Å²) in [5.74, 6) is -0.461. The van der Waals surface area contributed by atoms with Crippen molar-refractivity contribution in [2.45, 2.75) is 13.8 Å². The molecule has 2 aromatic carbocycles. The summed E-state index contributed by atoms with van der Waals surface area (Å²) in [4.78, 5) is 14.5. The van der Waals surface area contributed by atoms with Gasteiger partial charge in [-0.3, -0.25) is 4.79 Å². The van der Waals surface area contributed by atoms with Gasteiger partial charge in [0.05, 0.1) is 11.3 Å². The van der Waals surface area contributed by atoms with Crippen LogP contribution in [-0.4, -0.2) is 37.0 Å². The third-order valence-corrected chi connectivity index (χ3v) is 3.81. The lowest BCUT2D eigenvalue weighted by molar-refractivity contribution is 0.102. The molecule has 0 fully saturated rings. The fourth-order valence-electron chi connectivity index (χ4n) is 2.36. The number of hydrogen-bond donors (Lipinski definition) is 1. The van der Waals surface area contributed by atoms with Crippen LogP contribution < -0.4 is 10.1 Å². The van der Waals surface area contributed by atoms with E-state index in [9.17, 15) is 9.18 Å². The van der Waals surface area contributed by atoms with Crippen molar-refractivity contribution in [3.8, 4) is 5.75 Å². The predicted molar refractivity (Wildman–Crippen MR) is 94.1 cm³/mol. The Morgan fingerprint density at radius 3 is 2.46 bits per heavy atom. The summed E-state index contributed by atoms with van der Waals surface area (Å²) < 4.78 is 19.5. The number of rotatable bonds is 8. The molecule has 1 N–H and O–H groups in total. The Balaban J connectivity index is 2.03. The normalized spacial score (nSPS) is 10.7. The molecule has 24 heavy (non-hydrogen) atoms. The number of halogens is 1. The maximum Gasteiger partial charge on any atom is 0.258 e. The highest BCUT2D eigenvalue weighted by Crippen LogP contribution is 2.24. The van der Waals surface area contributed by atoms with Gasteiger partial charge in [0, 0.05) is 6.54 Å². The maximum atomic E-state index is 13.7. The number of carbonyl (C=O) groups is 1. The first-order valence-corrected chi connectivity index (χ1v) is 8.15. The Bertz CT molecular complexity index is 672. The first kappa shape index (κ1) is 17.9. The van der Waals surface area contributed by atoms with E-state index in [4.69, 9.17) is 4.74 Å². The first-order chi connectivity index (χ1) is 11.7. The molecule has 0 saturated carbocycles. The smallest absolute Gasteiger partial charge is 0.258 e. The summed E-state index contributed by atoms with van der Waals surface area (Å²) in [6.45, 7) is 7.46. The molecule has 0 spiro atoms. The van der Waals surface area contributed by atoms with Crippen molar-refractivity contribution in [1.29, 1.82) is 0 Å². The zero-order chi connectivity index (χ0) is 17.4. The lowest BCUT2D eigenvalue weighted by atomic mass is 10.2. The van der Waals surface area contributed by atoms with Gasteiger partial charge in [-0.2, -0.15) is 0 Å². The van der Waals surface area contributed by atoms with Crippen LogP contribution >= 0.6 is 0 Å². The number of anilines is 1. The largest absolute Gasteiger partial charge is 0.490 e. The summed E-state index contributed by atoms with van der Waals surface area (Å²) in [7, 11) is 0. The molecule has 0 unspecified atom stereocenters. The van der Waals surface area contributed by atoms with Gasteiger partial charge in [-0.15, -0.1) is 0 Å². The Hall–Kier alpha value is -2.40. The molecule has 0 aliphatic carbocycles. The molecule has 0 atom stereocenters. The van der Waals surface area contributed by atoms with Gasteiger partial charge >= 0.3 is 0 Å². The monoisotopic (exact) mass is 330 g/mol. The minimum atomic E-state index is -0.546. The molecule has 4 nitrogen and oxygen atoms in total. The van der Waals surface area contributed by atoms with Gasteiger partial charge in [-0.05, 0) is 37.4 Å². The highest BCUT2D eigenvalue weighted by molar-refractivity contribution is 6.05. The second-order valence-electron chi connectivity index (χ2n) is 5.31. The van der Waals surface area contributed by atoms with E-state index in [-0.39, 0.29) is 5.56 Å². The van der Waals surface area contributed by atoms with Crippen molar-refractivity contribution in [1.82, 2.24) is 4.90 Å². The van der Waals surface area contributed by atoms with Gasteiger partial charge in [0.2, 0.25) is 0 Å². The van der Waals surface area contributed by atoms with Crippen LogP contribution in [0.15, 0.2) is 48.5 Å². The minimum absolute atomic E-state index is 0.00967. The van der Waals surface area contributed by atoms with Crippen molar-refractivity contribution >= 4 is 11.6 Å². The number of hydrogen-bond acceptors (Lipinski definition) is 3. The van der Waals surface area contributed by atoms with E-state index in [0.29, 0.717) is 18.0 Å². The second kappa shape index (κ2) is 9.03. The molecule has 0 radical (unpaired) electrons. The zero-order valence-electron chi connectivity index (χ0n) is 14.1. The number of nitrogens with one attached hydrogen (secondary N) is 1. The highest BCUT2D eigenvalue weighted by Gasteiger charge is 2.13. The van der Waals surface area contributed by atoms with E-state index < -0.39 is 11.7 Å². The Labute approximate surface area is 142 Å². The van der Waals surface area contributed by atoms with Crippen molar-refractivity contribution in [3.05, 3.63) is 59.9 Å². The summed E-state index contributed by atoms with van der Waals surface area (Å²) in [5, 5.41) is 2.72. The third-order valence-electron chi connectivity index (χ3n) is 3.81. The quantitative estimate of drug-likeness (QED) is 0.800. The number of amides is 1. The van der Waals surface area contributed by atoms with Crippen LogP contribution in [0.3, 0.4) is 0 Å². The molecular formula is C19H23FN2O2. The van der Waals surface area contributed by atoms with E-state index in [1.165, 1.54) is 12.1 Å². The van der Waals surface area contributed by atoms with Crippen molar-refractivity contribution in [3.63, 3.8) is 0 Å². The van der Waals surface area contributed by atoms with Crippen LogP contribution in [0.4, 0.5) is 10.1 Å². The van der Waals surface area contributed by atoms with E-state index in [2.05, 4.69) is 24.1 Å². The molecule has 0 aromatic heterocycles. The average molecular weight is 330 g/mol. The van der Waals surface area contributed by atoms with E-state index in [1.807, 2.05) is 6.07 Å². The molecule has 128 valence electrons. The summed E-state index contributed by atoms with van der Waals surface area (Å²) >= 11 is 0. The van der Waals surface area contributed by atoms with Crippen LogP contribution in [0.25, 0.3) is 0 Å². The lowest BCUT2D eigenvalue weighted by Crippen LogP contribution is -2.28. The van der Waals surface area contributed by atoms with E-state index in [0.717, 1.165) is 19.6 Å². The fraction of sp³-hybridized carbons (Fsp3) is 0.316. The third kappa shape index (κ3) is 4.80. The summed E-state index contributed by atoms with van der Waals surface area (Å²) in [5.41, 5.74) is 0.542. The molecule has 0 bridgehead atoms. The van der Waals surface area contributed by atoms with Crippen LogP contribution in [-0.2, 0) is 0 Å². The summed E-state index contributed by atoms with van der Waals surface area (Å²) in [6.07, 6.45) is 0. The second-order valence-corrected chi connectivity index (χ2v) is 5.31. The van der Waals surface area contributed by atoms with Crippen molar-refractivity contribution in [2.24, 2.45) is 0 Å². The van der Waals surface area contributed by atoms with Gasteiger partial charge < -0.3 is 15.0 Å². The van der Waals surface area contributed by atoms with Gasteiger partial charge in [-0.25, -0.2) is 4.39 Å². The van der Waals surface area contributed by atoms with Crippen LogP contribution in [0.2, 0.25) is 0 Å².